The van der Waals surface area contributed by atoms with Gasteiger partial charge in [-0.25, -0.2) is 0 Å². The maximum atomic E-state index is 5.49. The first kappa shape index (κ1) is 16.3. The highest BCUT2D eigenvalue weighted by atomic mass is 32.1. The lowest BCUT2D eigenvalue weighted by Gasteiger charge is -2.04. The van der Waals surface area contributed by atoms with Crippen LogP contribution in [-0.4, -0.2) is 21.6 Å². The monoisotopic (exact) mass is 301 g/mol. The van der Waals surface area contributed by atoms with Crippen LogP contribution in [0.5, 0.6) is 6.01 Å². The minimum Gasteiger partial charge on any atom is -0.465 e. The fourth-order valence-electron chi connectivity index (χ4n) is 1.85. The van der Waals surface area contributed by atoms with E-state index in [0.717, 1.165) is 6.42 Å². The predicted octanol–water partition coefficient (Wildman–Crippen LogP) is 4.72. The minimum atomic E-state index is 0.356. The molecular weight excluding hydrogens is 278 g/mol. The number of nitrogens with one attached hydrogen (secondary N) is 2. The summed E-state index contributed by atoms with van der Waals surface area (Å²) in [6.07, 6.45) is 10.3. The van der Waals surface area contributed by atoms with Crippen molar-refractivity contribution in [3.05, 3.63) is 9.54 Å². The van der Waals surface area contributed by atoms with Gasteiger partial charge >= 0.3 is 0 Å². The van der Waals surface area contributed by atoms with Crippen LogP contribution in [0.2, 0.25) is 0 Å². The van der Waals surface area contributed by atoms with Gasteiger partial charge in [0.2, 0.25) is 4.77 Å². The van der Waals surface area contributed by atoms with Crippen LogP contribution in [0.4, 0.5) is 0 Å². The van der Waals surface area contributed by atoms with E-state index in [1.54, 1.807) is 0 Å². The Morgan fingerprint density at radius 2 is 1.58 bits per heavy atom. The summed E-state index contributed by atoms with van der Waals surface area (Å²) in [5.41, 5.74) is 0. The molecule has 1 aromatic heterocycles. The standard InChI is InChI=1S/C13H23N3OS2/c1-2-3-4-5-6-7-8-9-10-17-11-14-12(18)16-13(19)15-11/h2-10H2,1H3,(H2,14,15,16,18,19). The molecule has 108 valence electrons. The Balaban J connectivity index is 2.04. The molecule has 0 aliphatic carbocycles. The quantitative estimate of drug-likeness (QED) is 0.485. The molecule has 1 heterocycles. The van der Waals surface area contributed by atoms with Gasteiger partial charge in [-0.1, -0.05) is 51.9 Å². The largest absolute Gasteiger partial charge is 0.465 e. The van der Waals surface area contributed by atoms with Gasteiger partial charge in [0, 0.05) is 0 Å². The van der Waals surface area contributed by atoms with Crippen LogP contribution in [0.1, 0.15) is 58.3 Å². The molecule has 1 rings (SSSR count). The van der Waals surface area contributed by atoms with Crippen molar-refractivity contribution in [3.8, 4) is 6.01 Å². The fourth-order valence-corrected chi connectivity index (χ4v) is 2.28. The molecule has 0 unspecified atom stereocenters. The van der Waals surface area contributed by atoms with E-state index in [1.807, 2.05) is 0 Å². The molecule has 0 saturated carbocycles. The third-order valence-corrected chi connectivity index (χ3v) is 3.28. The Bertz CT molecular complexity index is 427. The predicted molar refractivity (Wildman–Crippen MR) is 82.7 cm³/mol. The average molecular weight is 301 g/mol. The molecular formula is C13H23N3OS2. The molecule has 4 nitrogen and oxygen atoms in total. The van der Waals surface area contributed by atoms with Gasteiger partial charge in [-0.3, -0.25) is 4.98 Å². The Kier molecular flexibility index (Phi) is 8.66. The van der Waals surface area contributed by atoms with Crippen LogP contribution in [0.15, 0.2) is 0 Å². The summed E-state index contributed by atoms with van der Waals surface area (Å²) in [7, 11) is 0. The van der Waals surface area contributed by atoms with E-state index in [-0.39, 0.29) is 0 Å². The van der Waals surface area contributed by atoms with Crippen molar-refractivity contribution in [1.29, 1.82) is 0 Å². The van der Waals surface area contributed by atoms with Crippen molar-refractivity contribution in [1.82, 2.24) is 15.0 Å². The third-order valence-electron chi connectivity index (χ3n) is 2.88. The SMILES string of the molecule is CCCCCCCCCCOc1nc(=S)[nH]c(=S)[nH]1. The highest BCUT2D eigenvalue weighted by molar-refractivity contribution is 7.71. The van der Waals surface area contributed by atoms with Crippen LogP contribution >= 0.6 is 24.4 Å². The fraction of sp³-hybridized carbons (Fsp3) is 0.769. The van der Waals surface area contributed by atoms with Crippen molar-refractivity contribution in [2.45, 2.75) is 58.3 Å². The van der Waals surface area contributed by atoms with E-state index in [0.29, 0.717) is 22.2 Å². The van der Waals surface area contributed by atoms with Gasteiger partial charge in [0.1, 0.15) is 0 Å². The smallest absolute Gasteiger partial charge is 0.298 e. The molecule has 19 heavy (non-hydrogen) atoms. The van der Waals surface area contributed by atoms with Gasteiger partial charge < -0.3 is 9.72 Å². The maximum absolute atomic E-state index is 5.49. The summed E-state index contributed by atoms with van der Waals surface area (Å²) in [4.78, 5) is 9.58. The van der Waals surface area contributed by atoms with Crippen molar-refractivity contribution in [2.24, 2.45) is 0 Å². The highest BCUT2D eigenvalue weighted by Crippen LogP contribution is 2.08. The number of aromatic nitrogens is 3. The number of hydrogen-bond acceptors (Lipinski definition) is 4. The molecule has 0 atom stereocenters. The first-order valence-corrected chi connectivity index (χ1v) is 7.87. The van der Waals surface area contributed by atoms with E-state index in [2.05, 4.69) is 21.9 Å². The summed E-state index contributed by atoms with van der Waals surface area (Å²) in [5.74, 6) is 0. The molecule has 0 amide bonds. The second-order valence-corrected chi connectivity index (χ2v) is 5.42. The summed E-state index contributed by atoms with van der Waals surface area (Å²) in [6, 6.07) is 0.414. The van der Waals surface area contributed by atoms with Gasteiger partial charge in [0.05, 0.1) is 6.61 Å². The molecule has 0 radical (unpaired) electrons. The van der Waals surface area contributed by atoms with Gasteiger partial charge in [-0.15, -0.1) is 0 Å². The lowest BCUT2D eigenvalue weighted by atomic mass is 10.1. The van der Waals surface area contributed by atoms with E-state index in [9.17, 15) is 0 Å². The first-order valence-electron chi connectivity index (χ1n) is 7.06. The van der Waals surface area contributed by atoms with Crippen LogP contribution in [0.3, 0.4) is 0 Å². The molecule has 2 N–H and O–H groups in total. The third kappa shape index (κ3) is 8.10. The number of hydrogen-bond donors (Lipinski definition) is 2. The van der Waals surface area contributed by atoms with Crippen LogP contribution in [-0.2, 0) is 0 Å². The van der Waals surface area contributed by atoms with Crippen molar-refractivity contribution in [3.63, 3.8) is 0 Å². The van der Waals surface area contributed by atoms with Crippen molar-refractivity contribution < 1.29 is 4.74 Å². The Labute approximate surface area is 125 Å². The van der Waals surface area contributed by atoms with E-state index < -0.39 is 0 Å². The number of ether oxygens (including phenoxy) is 1. The zero-order valence-electron chi connectivity index (χ0n) is 11.5. The topological polar surface area (TPSA) is 53.7 Å². The summed E-state index contributed by atoms with van der Waals surface area (Å²) >= 11 is 9.88. The number of aromatic amines is 2. The molecule has 0 aliphatic rings. The Morgan fingerprint density at radius 1 is 0.947 bits per heavy atom. The normalized spacial score (nSPS) is 10.6. The summed E-state index contributed by atoms with van der Waals surface area (Å²) < 4.78 is 6.30. The zero-order valence-corrected chi connectivity index (χ0v) is 13.2. The molecule has 0 bridgehead atoms. The molecule has 1 aromatic rings. The van der Waals surface area contributed by atoms with Crippen LogP contribution in [0.25, 0.3) is 0 Å². The highest BCUT2D eigenvalue weighted by Gasteiger charge is 1.96. The average Bonchev–Trinajstić information content (AvgIpc) is 2.36. The molecule has 0 spiro atoms. The van der Waals surface area contributed by atoms with Crippen molar-refractivity contribution >= 4 is 24.4 Å². The van der Waals surface area contributed by atoms with Gasteiger partial charge in [-0.2, -0.15) is 4.98 Å². The number of H-pyrrole nitrogens is 2. The minimum absolute atomic E-state index is 0.356. The summed E-state index contributed by atoms with van der Waals surface area (Å²) in [5, 5.41) is 0. The van der Waals surface area contributed by atoms with Crippen molar-refractivity contribution in [2.75, 3.05) is 6.61 Å². The Morgan fingerprint density at radius 3 is 2.21 bits per heavy atom. The lowest BCUT2D eigenvalue weighted by molar-refractivity contribution is 0.279. The molecule has 0 aromatic carbocycles. The van der Waals surface area contributed by atoms with E-state index in [4.69, 9.17) is 29.2 Å². The molecule has 0 fully saturated rings. The second-order valence-electron chi connectivity index (χ2n) is 4.62. The van der Waals surface area contributed by atoms with Gasteiger partial charge in [-0.05, 0) is 30.9 Å². The maximum Gasteiger partial charge on any atom is 0.298 e. The first-order chi connectivity index (χ1) is 9.22. The summed E-state index contributed by atoms with van der Waals surface area (Å²) in [6.45, 7) is 2.90. The van der Waals surface area contributed by atoms with Gasteiger partial charge in [0.25, 0.3) is 6.01 Å². The number of unbranched alkanes of at least 4 members (excludes halogenated alkanes) is 7. The molecule has 0 aliphatic heterocycles. The Hall–Kier alpha value is -0.750. The number of rotatable bonds is 10. The second kappa shape index (κ2) is 10.1. The van der Waals surface area contributed by atoms with E-state index >= 15 is 0 Å². The molecule has 6 heteroatoms. The number of nitrogens with zero attached hydrogens (tertiary/aromatic N) is 1. The van der Waals surface area contributed by atoms with Gasteiger partial charge in [0.15, 0.2) is 4.77 Å². The molecule has 0 saturated heterocycles. The van der Waals surface area contributed by atoms with Crippen LogP contribution < -0.4 is 4.74 Å². The lowest BCUT2D eigenvalue weighted by Crippen LogP contribution is -2.02. The van der Waals surface area contributed by atoms with Crippen LogP contribution in [0, 0.1) is 9.54 Å². The van der Waals surface area contributed by atoms with E-state index in [1.165, 1.54) is 44.9 Å². The zero-order chi connectivity index (χ0) is 13.9.